The molecule has 0 saturated carbocycles. The van der Waals surface area contributed by atoms with Crippen molar-refractivity contribution in [2.45, 2.75) is 11.4 Å². The predicted octanol–water partition coefficient (Wildman–Crippen LogP) is -1.58. The van der Waals surface area contributed by atoms with E-state index in [1.165, 1.54) is 25.0 Å². The first kappa shape index (κ1) is 13.5. The van der Waals surface area contributed by atoms with Crippen LogP contribution in [0.2, 0.25) is 0 Å². The molecule has 0 saturated heterocycles. The zero-order chi connectivity index (χ0) is 13.1. The van der Waals surface area contributed by atoms with Gasteiger partial charge in [-0.1, -0.05) is 0 Å². The van der Waals surface area contributed by atoms with Crippen molar-refractivity contribution >= 4 is 21.7 Å². The predicted molar refractivity (Wildman–Crippen MR) is 61.5 cm³/mol. The third-order valence-electron chi connectivity index (χ3n) is 2.09. The maximum Gasteiger partial charge on any atom is 0.260 e. The molecule has 0 spiro atoms. The Hall–Kier alpha value is -1.61. The number of carbonyl (C=O) groups is 1. The molecule has 0 radical (unpaired) electrons. The second-order valence-corrected chi connectivity index (χ2v) is 5.05. The number of nitrogens with one attached hydrogen (secondary N) is 2. The van der Waals surface area contributed by atoms with Gasteiger partial charge in [-0.05, 0) is 0 Å². The van der Waals surface area contributed by atoms with Crippen molar-refractivity contribution in [1.82, 2.24) is 19.6 Å². The fourth-order valence-electron chi connectivity index (χ4n) is 1.26. The average Bonchev–Trinajstić information content (AvgIpc) is 2.58. The van der Waals surface area contributed by atoms with Crippen LogP contribution in [0.4, 0.5) is 5.82 Å². The minimum absolute atomic E-state index is 0.00657. The van der Waals surface area contributed by atoms with Gasteiger partial charge in [0.25, 0.3) is 10.0 Å². The van der Waals surface area contributed by atoms with Gasteiger partial charge in [-0.15, -0.1) is 0 Å². The zero-order valence-corrected chi connectivity index (χ0v) is 10.4. The molecule has 4 N–H and O–H groups in total. The normalized spacial score (nSPS) is 11.4. The Labute approximate surface area is 99.3 Å². The van der Waals surface area contributed by atoms with E-state index in [0.717, 1.165) is 0 Å². The van der Waals surface area contributed by atoms with Crippen molar-refractivity contribution in [3.05, 3.63) is 6.33 Å². The molecule has 0 bridgehead atoms. The molecule has 0 aliphatic rings. The molecule has 9 heteroatoms. The third-order valence-corrected chi connectivity index (χ3v) is 3.68. The van der Waals surface area contributed by atoms with Crippen LogP contribution in [0.3, 0.4) is 0 Å². The first-order chi connectivity index (χ1) is 7.88. The fourth-order valence-corrected chi connectivity index (χ4v) is 2.52. The Kier molecular flexibility index (Phi) is 4.07. The number of anilines is 1. The minimum Gasteiger partial charge on any atom is -0.381 e. The molecule has 0 aromatic carbocycles. The summed E-state index contributed by atoms with van der Waals surface area (Å²) in [7, 11) is -0.730. The quantitative estimate of drug-likeness (QED) is 0.591. The molecule has 17 heavy (non-hydrogen) atoms. The van der Waals surface area contributed by atoms with Gasteiger partial charge in [0.2, 0.25) is 5.91 Å². The highest BCUT2D eigenvalue weighted by Crippen LogP contribution is 2.14. The van der Waals surface area contributed by atoms with Gasteiger partial charge < -0.3 is 15.6 Å². The number of nitrogens with two attached hydrogens (primary N) is 1. The summed E-state index contributed by atoms with van der Waals surface area (Å²) in [6.07, 6.45) is 1.37. The summed E-state index contributed by atoms with van der Waals surface area (Å²) in [5.74, 6) is -0.314. The fraction of sp³-hybridized carbons (Fsp3) is 0.500. The summed E-state index contributed by atoms with van der Waals surface area (Å²) >= 11 is 0. The summed E-state index contributed by atoms with van der Waals surface area (Å²) in [4.78, 5) is 14.6. The molecule has 1 amide bonds. The number of carbonyl (C=O) groups excluding carboxylic acids is 1. The van der Waals surface area contributed by atoms with Crippen LogP contribution in [0, 0.1) is 0 Å². The van der Waals surface area contributed by atoms with E-state index in [-0.39, 0.29) is 29.7 Å². The van der Waals surface area contributed by atoms with Crippen LogP contribution in [0.15, 0.2) is 11.4 Å². The highest BCUT2D eigenvalue weighted by Gasteiger charge is 2.21. The van der Waals surface area contributed by atoms with Crippen LogP contribution in [-0.4, -0.2) is 37.5 Å². The first-order valence-electron chi connectivity index (χ1n) is 4.85. The number of aryl methyl sites for hydroxylation is 1. The summed E-state index contributed by atoms with van der Waals surface area (Å²) in [5, 5.41) is 2.29. The zero-order valence-electron chi connectivity index (χ0n) is 9.60. The highest BCUT2D eigenvalue weighted by atomic mass is 32.2. The van der Waals surface area contributed by atoms with Crippen molar-refractivity contribution in [1.29, 1.82) is 0 Å². The highest BCUT2D eigenvalue weighted by molar-refractivity contribution is 7.89. The maximum absolute atomic E-state index is 11.8. The lowest BCUT2D eigenvalue weighted by Gasteiger charge is -2.07. The number of hydrogen-bond donors (Lipinski definition) is 3. The van der Waals surface area contributed by atoms with E-state index in [1.807, 2.05) is 0 Å². The topological polar surface area (TPSA) is 119 Å². The lowest BCUT2D eigenvalue weighted by Crippen LogP contribution is -2.30. The molecule has 1 rings (SSSR count). The number of amides is 1. The lowest BCUT2D eigenvalue weighted by molar-refractivity contribution is -0.120. The Bertz CT molecular complexity index is 488. The molecule has 0 fully saturated rings. The monoisotopic (exact) mass is 261 g/mol. The number of nitrogen functional groups attached to an aromatic ring is 1. The van der Waals surface area contributed by atoms with Crippen molar-refractivity contribution in [3.8, 4) is 0 Å². The van der Waals surface area contributed by atoms with Crippen LogP contribution in [0.1, 0.15) is 6.42 Å². The van der Waals surface area contributed by atoms with Gasteiger partial charge in [-0.3, -0.25) is 4.79 Å². The van der Waals surface area contributed by atoms with Gasteiger partial charge in [0, 0.05) is 27.1 Å². The number of nitrogens with zero attached hydrogens (tertiary/aromatic N) is 2. The van der Waals surface area contributed by atoms with Crippen LogP contribution < -0.4 is 15.8 Å². The van der Waals surface area contributed by atoms with Crippen molar-refractivity contribution in [2.75, 3.05) is 19.3 Å². The van der Waals surface area contributed by atoms with E-state index in [0.29, 0.717) is 0 Å². The molecule has 8 nitrogen and oxygen atoms in total. The number of aromatic nitrogens is 2. The van der Waals surface area contributed by atoms with Gasteiger partial charge >= 0.3 is 0 Å². The molecule has 96 valence electrons. The number of hydrogen-bond acceptors (Lipinski definition) is 5. The van der Waals surface area contributed by atoms with E-state index in [9.17, 15) is 13.2 Å². The van der Waals surface area contributed by atoms with Gasteiger partial charge in [-0.25, -0.2) is 18.1 Å². The standard InChI is InChI=1S/C8H15N5O3S/c1-10-6(14)3-4-12-17(15,16)8-7(9)11-5-13(8)2/h5,12H,3-4,9H2,1-2H3,(H,10,14). The molecule has 1 aromatic rings. The second kappa shape index (κ2) is 5.15. The molecular formula is C8H15N5O3S. The van der Waals surface area contributed by atoms with E-state index in [4.69, 9.17) is 5.73 Å². The number of rotatable bonds is 5. The van der Waals surface area contributed by atoms with E-state index < -0.39 is 10.0 Å². The van der Waals surface area contributed by atoms with Gasteiger partial charge in [0.15, 0.2) is 10.8 Å². The largest absolute Gasteiger partial charge is 0.381 e. The van der Waals surface area contributed by atoms with Crippen molar-refractivity contribution < 1.29 is 13.2 Å². The molecular weight excluding hydrogens is 246 g/mol. The molecule has 0 unspecified atom stereocenters. The molecule has 0 atom stereocenters. The van der Waals surface area contributed by atoms with E-state index >= 15 is 0 Å². The minimum atomic E-state index is -3.74. The Morgan fingerprint density at radius 1 is 1.59 bits per heavy atom. The maximum atomic E-state index is 11.8. The van der Waals surface area contributed by atoms with E-state index in [2.05, 4.69) is 15.0 Å². The smallest absolute Gasteiger partial charge is 0.260 e. The van der Waals surface area contributed by atoms with Crippen molar-refractivity contribution in [2.24, 2.45) is 7.05 Å². The van der Waals surface area contributed by atoms with Crippen LogP contribution in [-0.2, 0) is 21.9 Å². The Morgan fingerprint density at radius 2 is 2.24 bits per heavy atom. The van der Waals surface area contributed by atoms with Crippen LogP contribution >= 0.6 is 0 Å². The third kappa shape index (κ3) is 3.17. The number of sulfonamides is 1. The summed E-state index contributed by atoms with van der Waals surface area (Å²) < 4.78 is 27.2. The average molecular weight is 261 g/mol. The molecule has 0 aliphatic heterocycles. The molecule has 1 heterocycles. The van der Waals surface area contributed by atoms with Gasteiger partial charge in [0.1, 0.15) is 0 Å². The molecule has 0 aliphatic carbocycles. The summed E-state index contributed by atoms with van der Waals surface area (Å²) in [6.45, 7) is 0.00657. The lowest BCUT2D eigenvalue weighted by atomic mass is 10.4. The van der Waals surface area contributed by atoms with E-state index in [1.54, 1.807) is 0 Å². The Morgan fingerprint density at radius 3 is 2.71 bits per heavy atom. The molecule has 1 aromatic heterocycles. The SMILES string of the molecule is CNC(=O)CCNS(=O)(=O)c1c(N)ncn1C. The number of imidazole rings is 1. The van der Waals surface area contributed by atoms with Crippen LogP contribution in [0.25, 0.3) is 0 Å². The second-order valence-electron chi connectivity index (χ2n) is 3.37. The Balaban J connectivity index is 2.73. The summed E-state index contributed by atoms with van der Waals surface area (Å²) in [5.41, 5.74) is 5.45. The summed E-state index contributed by atoms with van der Waals surface area (Å²) in [6, 6.07) is 0. The van der Waals surface area contributed by atoms with Crippen molar-refractivity contribution in [3.63, 3.8) is 0 Å². The first-order valence-corrected chi connectivity index (χ1v) is 6.34. The van der Waals surface area contributed by atoms with Crippen LogP contribution in [0.5, 0.6) is 0 Å². The van der Waals surface area contributed by atoms with Gasteiger partial charge in [-0.2, -0.15) is 0 Å². The van der Waals surface area contributed by atoms with Gasteiger partial charge in [0.05, 0.1) is 6.33 Å².